The van der Waals surface area contributed by atoms with E-state index in [0.29, 0.717) is 12.5 Å². The van der Waals surface area contributed by atoms with Gasteiger partial charge in [-0.3, -0.25) is 10.00 Å². The molecule has 1 fully saturated rings. The largest absolute Gasteiger partial charge is 0.475 e. The van der Waals surface area contributed by atoms with E-state index in [9.17, 15) is 0 Å². The molecule has 0 radical (unpaired) electrons. The molecule has 5 heteroatoms. The van der Waals surface area contributed by atoms with Crippen molar-refractivity contribution in [1.82, 2.24) is 15.1 Å². The molecular formula is C13H17N3O2. The molecule has 1 aromatic heterocycles. The SMILES string of the molecule is c1ccc2c(OCCN3CCOCC3)n[nH]c2c1. The van der Waals surface area contributed by atoms with Gasteiger partial charge >= 0.3 is 0 Å². The smallest absolute Gasteiger partial charge is 0.240 e. The summed E-state index contributed by atoms with van der Waals surface area (Å²) in [6, 6.07) is 7.99. The minimum Gasteiger partial charge on any atom is -0.475 e. The van der Waals surface area contributed by atoms with Crippen molar-refractivity contribution in [1.29, 1.82) is 0 Å². The predicted molar refractivity (Wildman–Crippen MR) is 68.8 cm³/mol. The Morgan fingerprint density at radius 3 is 3.00 bits per heavy atom. The molecule has 1 N–H and O–H groups in total. The van der Waals surface area contributed by atoms with Crippen molar-refractivity contribution in [3.8, 4) is 5.88 Å². The van der Waals surface area contributed by atoms with Crippen LogP contribution in [0, 0.1) is 0 Å². The lowest BCUT2D eigenvalue weighted by molar-refractivity contribution is 0.0321. The van der Waals surface area contributed by atoms with Crippen LogP contribution in [0.15, 0.2) is 24.3 Å². The summed E-state index contributed by atoms with van der Waals surface area (Å²) in [5, 5.41) is 8.20. The summed E-state index contributed by atoms with van der Waals surface area (Å²) in [5.41, 5.74) is 1.01. The molecular weight excluding hydrogens is 230 g/mol. The maximum absolute atomic E-state index is 5.74. The van der Waals surface area contributed by atoms with Crippen molar-refractivity contribution < 1.29 is 9.47 Å². The summed E-state index contributed by atoms with van der Waals surface area (Å²) in [4.78, 5) is 2.35. The molecule has 0 spiro atoms. The molecule has 1 aromatic carbocycles. The van der Waals surface area contributed by atoms with Crippen LogP contribution in [-0.4, -0.2) is 54.6 Å². The molecule has 1 aliphatic rings. The van der Waals surface area contributed by atoms with E-state index in [1.165, 1.54) is 0 Å². The van der Waals surface area contributed by atoms with Gasteiger partial charge in [-0.25, -0.2) is 0 Å². The Hall–Kier alpha value is -1.59. The first-order valence-electron chi connectivity index (χ1n) is 6.29. The Morgan fingerprint density at radius 2 is 2.11 bits per heavy atom. The molecule has 0 atom stereocenters. The van der Waals surface area contributed by atoms with Crippen molar-refractivity contribution in [2.45, 2.75) is 0 Å². The first-order valence-corrected chi connectivity index (χ1v) is 6.29. The number of para-hydroxylation sites is 1. The number of nitrogens with zero attached hydrogens (tertiary/aromatic N) is 2. The zero-order chi connectivity index (χ0) is 12.2. The number of H-pyrrole nitrogens is 1. The molecule has 5 nitrogen and oxygen atoms in total. The van der Waals surface area contributed by atoms with E-state index in [2.05, 4.69) is 15.1 Å². The highest BCUT2D eigenvalue weighted by atomic mass is 16.5. The van der Waals surface area contributed by atoms with Gasteiger partial charge in [-0.2, -0.15) is 0 Å². The first-order chi connectivity index (χ1) is 8.93. The van der Waals surface area contributed by atoms with E-state index in [4.69, 9.17) is 9.47 Å². The monoisotopic (exact) mass is 247 g/mol. The van der Waals surface area contributed by atoms with Crippen molar-refractivity contribution in [3.05, 3.63) is 24.3 Å². The van der Waals surface area contributed by atoms with Gasteiger partial charge < -0.3 is 9.47 Å². The van der Waals surface area contributed by atoms with Crippen LogP contribution in [0.4, 0.5) is 0 Å². The van der Waals surface area contributed by atoms with Gasteiger partial charge in [0.1, 0.15) is 6.61 Å². The van der Waals surface area contributed by atoms with E-state index in [0.717, 1.165) is 43.8 Å². The van der Waals surface area contributed by atoms with Gasteiger partial charge in [0.05, 0.1) is 24.1 Å². The first kappa shape index (κ1) is 11.5. The Labute approximate surface area is 106 Å². The van der Waals surface area contributed by atoms with E-state index in [1.807, 2.05) is 24.3 Å². The highest BCUT2D eigenvalue weighted by molar-refractivity contribution is 5.83. The second-order valence-corrected chi connectivity index (χ2v) is 4.38. The van der Waals surface area contributed by atoms with Crippen LogP contribution >= 0.6 is 0 Å². The van der Waals surface area contributed by atoms with Crippen LogP contribution < -0.4 is 4.74 Å². The number of rotatable bonds is 4. The molecule has 1 saturated heterocycles. The molecule has 0 bridgehead atoms. The average Bonchev–Trinajstić information content (AvgIpc) is 2.84. The van der Waals surface area contributed by atoms with Crippen LogP contribution in [0.5, 0.6) is 5.88 Å². The molecule has 0 amide bonds. The summed E-state index contributed by atoms with van der Waals surface area (Å²) in [5.74, 6) is 0.693. The molecule has 0 unspecified atom stereocenters. The summed E-state index contributed by atoms with van der Waals surface area (Å²) in [6.45, 7) is 5.21. The van der Waals surface area contributed by atoms with Gasteiger partial charge in [-0.05, 0) is 12.1 Å². The third-order valence-corrected chi connectivity index (χ3v) is 3.19. The lowest BCUT2D eigenvalue weighted by atomic mass is 10.2. The van der Waals surface area contributed by atoms with Crippen molar-refractivity contribution in [2.24, 2.45) is 0 Å². The topological polar surface area (TPSA) is 50.4 Å². The highest BCUT2D eigenvalue weighted by Crippen LogP contribution is 2.21. The molecule has 0 aliphatic carbocycles. The standard InChI is InChI=1S/C13H17N3O2/c1-2-4-12-11(3-1)13(15-14-12)18-10-7-16-5-8-17-9-6-16/h1-4H,5-10H2,(H,14,15). The zero-order valence-corrected chi connectivity index (χ0v) is 10.3. The summed E-state index contributed by atoms with van der Waals surface area (Å²) in [6.07, 6.45) is 0. The highest BCUT2D eigenvalue weighted by Gasteiger charge is 2.11. The fourth-order valence-electron chi connectivity index (χ4n) is 2.14. The van der Waals surface area contributed by atoms with Gasteiger partial charge in [-0.1, -0.05) is 12.1 Å². The number of hydrogen-bond donors (Lipinski definition) is 1. The number of aromatic amines is 1. The number of hydrogen-bond acceptors (Lipinski definition) is 4. The van der Waals surface area contributed by atoms with E-state index < -0.39 is 0 Å². The number of nitrogens with one attached hydrogen (secondary N) is 1. The Morgan fingerprint density at radius 1 is 1.28 bits per heavy atom. The van der Waals surface area contributed by atoms with Crippen LogP contribution in [0.25, 0.3) is 10.9 Å². The molecule has 1 aliphatic heterocycles. The van der Waals surface area contributed by atoms with Crippen LogP contribution in [0.1, 0.15) is 0 Å². The van der Waals surface area contributed by atoms with Gasteiger partial charge in [0, 0.05) is 19.6 Å². The summed E-state index contributed by atoms with van der Waals surface area (Å²) in [7, 11) is 0. The molecule has 2 aromatic rings. The number of morpholine rings is 1. The second kappa shape index (κ2) is 5.37. The van der Waals surface area contributed by atoms with Gasteiger partial charge in [0.15, 0.2) is 0 Å². The lowest BCUT2D eigenvalue weighted by Crippen LogP contribution is -2.38. The molecule has 0 saturated carbocycles. The van der Waals surface area contributed by atoms with E-state index in [1.54, 1.807) is 0 Å². The van der Waals surface area contributed by atoms with Gasteiger partial charge in [0.2, 0.25) is 5.88 Å². The lowest BCUT2D eigenvalue weighted by Gasteiger charge is -2.26. The normalized spacial score (nSPS) is 17.1. The number of aromatic nitrogens is 2. The van der Waals surface area contributed by atoms with Gasteiger partial charge in [-0.15, -0.1) is 5.10 Å². The average molecular weight is 247 g/mol. The second-order valence-electron chi connectivity index (χ2n) is 4.38. The van der Waals surface area contributed by atoms with Crippen molar-refractivity contribution in [2.75, 3.05) is 39.5 Å². The fourth-order valence-corrected chi connectivity index (χ4v) is 2.14. The Kier molecular flexibility index (Phi) is 3.43. The van der Waals surface area contributed by atoms with Crippen LogP contribution in [0.3, 0.4) is 0 Å². The third kappa shape index (κ3) is 2.47. The molecule has 18 heavy (non-hydrogen) atoms. The zero-order valence-electron chi connectivity index (χ0n) is 10.3. The minimum absolute atomic E-state index is 0.662. The Balaban J connectivity index is 1.56. The van der Waals surface area contributed by atoms with Crippen LogP contribution in [-0.2, 0) is 4.74 Å². The number of benzene rings is 1. The quantitative estimate of drug-likeness (QED) is 0.884. The van der Waals surface area contributed by atoms with Crippen molar-refractivity contribution >= 4 is 10.9 Å². The van der Waals surface area contributed by atoms with E-state index >= 15 is 0 Å². The molecule has 3 rings (SSSR count). The summed E-state index contributed by atoms with van der Waals surface area (Å²) < 4.78 is 11.0. The van der Waals surface area contributed by atoms with Crippen molar-refractivity contribution in [3.63, 3.8) is 0 Å². The minimum atomic E-state index is 0.662. The third-order valence-electron chi connectivity index (χ3n) is 3.19. The maximum atomic E-state index is 5.74. The number of ether oxygens (including phenoxy) is 2. The van der Waals surface area contributed by atoms with Crippen LogP contribution in [0.2, 0.25) is 0 Å². The molecule has 96 valence electrons. The van der Waals surface area contributed by atoms with E-state index in [-0.39, 0.29) is 0 Å². The predicted octanol–water partition coefficient (Wildman–Crippen LogP) is 1.27. The Bertz CT molecular complexity index is 506. The number of fused-ring (bicyclic) bond motifs is 1. The molecule has 2 heterocycles. The maximum Gasteiger partial charge on any atom is 0.240 e. The fraction of sp³-hybridized carbons (Fsp3) is 0.462. The van der Waals surface area contributed by atoms with Gasteiger partial charge in [0.25, 0.3) is 0 Å². The summed E-state index contributed by atoms with van der Waals surface area (Å²) >= 11 is 0.